The van der Waals surface area contributed by atoms with Gasteiger partial charge in [-0.25, -0.2) is 0 Å². The van der Waals surface area contributed by atoms with E-state index in [1.54, 1.807) is 4.90 Å². The lowest BCUT2D eigenvalue weighted by Crippen LogP contribution is -2.48. The van der Waals surface area contributed by atoms with Crippen molar-refractivity contribution in [1.29, 1.82) is 0 Å². The van der Waals surface area contributed by atoms with Gasteiger partial charge in [0.15, 0.2) is 0 Å². The molecule has 1 aromatic heterocycles. The number of piperazine rings is 1. The molecule has 5 heteroatoms. The second-order valence-corrected chi connectivity index (χ2v) is 4.85. The van der Waals surface area contributed by atoms with Crippen molar-refractivity contribution in [2.45, 2.75) is 19.4 Å². The summed E-state index contributed by atoms with van der Waals surface area (Å²) >= 11 is 0. The highest BCUT2D eigenvalue weighted by atomic mass is 16.2. The lowest BCUT2D eigenvalue weighted by molar-refractivity contribution is -0.119. The molecule has 0 saturated carbocycles. The van der Waals surface area contributed by atoms with E-state index >= 15 is 0 Å². The normalized spacial score (nSPS) is 18.6. The Balaban J connectivity index is 1.86. The summed E-state index contributed by atoms with van der Waals surface area (Å²) in [4.78, 5) is 19.3. The Morgan fingerprint density at radius 1 is 1.50 bits per heavy atom. The Morgan fingerprint density at radius 3 is 2.83 bits per heavy atom. The number of rotatable bonds is 4. The number of carbonyl (C=O) groups excluding carboxylic acids is 1. The average molecular weight is 250 g/mol. The van der Waals surface area contributed by atoms with Crippen LogP contribution >= 0.6 is 0 Å². The Labute approximate surface area is 108 Å². The molecule has 1 aliphatic rings. The molecule has 0 bridgehead atoms. The second-order valence-electron chi connectivity index (χ2n) is 4.85. The Hall–Kier alpha value is -1.33. The molecule has 1 unspecified atom stereocenters. The number of hydrogen-bond donors (Lipinski definition) is 2. The molecule has 0 aliphatic carbocycles. The molecule has 1 saturated heterocycles. The summed E-state index contributed by atoms with van der Waals surface area (Å²) in [5, 5.41) is 3.33. The average Bonchev–Trinajstić information content (AvgIpc) is 2.92. The molecule has 1 fully saturated rings. The van der Waals surface area contributed by atoms with Gasteiger partial charge in [0, 0.05) is 51.9 Å². The van der Waals surface area contributed by atoms with Gasteiger partial charge in [0.25, 0.3) is 0 Å². The first-order chi connectivity index (χ1) is 8.68. The maximum Gasteiger partial charge on any atom is 0.229 e. The second kappa shape index (κ2) is 6.02. The van der Waals surface area contributed by atoms with Gasteiger partial charge in [-0.2, -0.15) is 0 Å². The highest BCUT2D eigenvalue weighted by molar-refractivity contribution is 5.92. The van der Waals surface area contributed by atoms with E-state index in [0.29, 0.717) is 12.5 Å². The van der Waals surface area contributed by atoms with E-state index in [4.69, 9.17) is 0 Å². The minimum atomic E-state index is 0.156. The predicted octanol–water partition coefficient (Wildman–Crippen LogP) is 0.661. The lowest BCUT2D eigenvalue weighted by atomic mass is 10.1. The van der Waals surface area contributed by atoms with Gasteiger partial charge in [-0.3, -0.25) is 9.69 Å². The minimum Gasteiger partial charge on any atom is -0.348 e. The molecular weight excluding hydrogens is 228 g/mol. The number of nitrogens with one attached hydrogen (secondary N) is 2. The zero-order chi connectivity index (χ0) is 13.0. The first kappa shape index (κ1) is 13.1. The standard InChI is InChI=1S/C13H22N4O/c1-11(17-8-6-14-7-9-17)10-13(18)16(2)12-4-3-5-15-12/h3-5,11,14-15H,6-10H2,1-2H3. The summed E-state index contributed by atoms with van der Waals surface area (Å²) in [5.74, 6) is 1.01. The van der Waals surface area contributed by atoms with Gasteiger partial charge < -0.3 is 15.2 Å². The van der Waals surface area contributed by atoms with Crippen LogP contribution in [-0.4, -0.2) is 55.1 Å². The smallest absolute Gasteiger partial charge is 0.229 e. The zero-order valence-electron chi connectivity index (χ0n) is 11.1. The van der Waals surface area contributed by atoms with E-state index in [1.165, 1.54) is 0 Å². The number of aromatic amines is 1. The molecule has 0 aromatic carbocycles. The maximum atomic E-state index is 12.2. The molecule has 2 heterocycles. The summed E-state index contributed by atoms with van der Waals surface area (Å²) in [7, 11) is 1.82. The van der Waals surface area contributed by atoms with Crippen LogP contribution in [0.5, 0.6) is 0 Å². The fourth-order valence-electron chi connectivity index (χ4n) is 2.31. The fraction of sp³-hybridized carbons (Fsp3) is 0.615. The van der Waals surface area contributed by atoms with E-state index in [9.17, 15) is 4.79 Å². The van der Waals surface area contributed by atoms with Crippen LogP contribution in [-0.2, 0) is 4.79 Å². The van der Waals surface area contributed by atoms with Crippen molar-refractivity contribution < 1.29 is 4.79 Å². The third kappa shape index (κ3) is 3.11. The first-order valence-corrected chi connectivity index (χ1v) is 6.53. The topological polar surface area (TPSA) is 51.4 Å². The molecule has 0 spiro atoms. The van der Waals surface area contributed by atoms with Crippen LogP contribution in [0.15, 0.2) is 18.3 Å². The number of anilines is 1. The molecule has 2 N–H and O–H groups in total. The maximum absolute atomic E-state index is 12.2. The third-order valence-corrected chi connectivity index (χ3v) is 3.56. The van der Waals surface area contributed by atoms with Gasteiger partial charge in [-0.15, -0.1) is 0 Å². The number of amides is 1. The van der Waals surface area contributed by atoms with Crippen molar-refractivity contribution in [2.24, 2.45) is 0 Å². The van der Waals surface area contributed by atoms with Crippen molar-refractivity contribution in [1.82, 2.24) is 15.2 Å². The zero-order valence-corrected chi connectivity index (χ0v) is 11.1. The van der Waals surface area contributed by atoms with Gasteiger partial charge in [0.2, 0.25) is 5.91 Å². The molecule has 1 aromatic rings. The molecule has 1 aliphatic heterocycles. The lowest BCUT2D eigenvalue weighted by Gasteiger charge is -2.33. The van der Waals surface area contributed by atoms with E-state index in [-0.39, 0.29) is 5.91 Å². The van der Waals surface area contributed by atoms with Crippen LogP contribution in [0.2, 0.25) is 0 Å². The number of hydrogen-bond acceptors (Lipinski definition) is 3. The van der Waals surface area contributed by atoms with Crippen molar-refractivity contribution in [3.63, 3.8) is 0 Å². The number of nitrogens with zero attached hydrogens (tertiary/aromatic N) is 2. The van der Waals surface area contributed by atoms with Crippen LogP contribution in [0.1, 0.15) is 13.3 Å². The van der Waals surface area contributed by atoms with E-state index < -0.39 is 0 Å². The van der Waals surface area contributed by atoms with Gasteiger partial charge >= 0.3 is 0 Å². The Bertz CT molecular complexity index is 370. The van der Waals surface area contributed by atoms with Crippen molar-refractivity contribution in [3.8, 4) is 0 Å². The molecule has 1 amide bonds. The monoisotopic (exact) mass is 250 g/mol. The molecule has 1 atom stereocenters. The highest BCUT2D eigenvalue weighted by Crippen LogP contribution is 2.12. The van der Waals surface area contributed by atoms with Gasteiger partial charge in [-0.1, -0.05) is 0 Å². The summed E-state index contributed by atoms with van der Waals surface area (Å²) in [6.07, 6.45) is 2.40. The minimum absolute atomic E-state index is 0.156. The predicted molar refractivity (Wildman–Crippen MR) is 72.7 cm³/mol. The number of H-pyrrole nitrogens is 1. The van der Waals surface area contributed by atoms with Gasteiger partial charge in [0.05, 0.1) is 0 Å². The van der Waals surface area contributed by atoms with Crippen LogP contribution in [0.25, 0.3) is 0 Å². The van der Waals surface area contributed by atoms with Crippen molar-refractivity contribution in [2.75, 3.05) is 38.1 Å². The van der Waals surface area contributed by atoms with E-state index in [2.05, 4.69) is 22.1 Å². The fourth-order valence-corrected chi connectivity index (χ4v) is 2.31. The molecule has 5 nitrogen and oxygen atoms in total. The molecule has 2 rings (SSSR count). The van der Waals surface area contributed by atoms with Crippen LogP contribution in [0, 0.1) is 0 Å². The summed E-state index contributed by atoms with van der Waals surface area (Å²) in [5.41, 5.74) is 0. The van der Waals surface area contributed by atoms with Crippen molar-refractivity contribution >= 4 is 11.7 Å². The number of carbonyl (C=O) groups is 1. The van der Waals surface area contributed by atoms with E-state index in [1.807, 2.05) is 25.4 Å². The SMILES string of the molecule is CC(CC(=O)N(C)c1ccc[nH]1)N1CCNCC1. The molecule has 0 radical (unpaired) electrons. The van der Waals surface area contributed by atoms with Crippen molar-refractivity contribution in [3.05, 3.63) is 18.3 Å². The third-order valence-electron chi connectivity index (χ3n) is 3.56. The van der Waals surface area contributed by atoms with E-state index in [0.717, 1.165) is 32.0 Å². The molecule has 18 heavy (non-hydrogen) atoms. The van der Waals surface area contributed by atoms with Gasteiger partial charge in [0.1, 0.15) is 5.82 Å². The summed E-state index contributed by atoms with van der Waals surface area (Å²) in [6.45, 7) is 6.23. The van der Waals surface area contributed by atoms with Gasteiger partial charge in [-0.05, 0) is 19.1 Å². The Morgan fingerprint density at radius 2 is 2.22 bits per heavy atom. The van der Waals surface area contributed by atoms with Crippen LogP contribution in [0.4, 0.5) is 5.82 Å². The van der Waals surface area contributed by atoms with Crippen LogP contribution < -0.4 is 10.2 Å². The van der Waals surface area contributed by atoms with Crippen LogP contribution in [0.3, 0.4) is 0 Å². The first-order valence-electron chi connectivity index (χ1n) is 6.53. The highest BCUT2D eigenvalue weighted by Gasteiger charge is 2.21. The summed E-state index contributed by atoms with van der Waals surface area (Å²) < 4.78 is 0. The molecular formula is C13H22N4O. The molecule has 100 valence electrons. The largest absolute Gasteiger partial charge is 0.348 e. The number of aromatic nitrogens is 1. The summed E-state index contributed by atoms with van der Waals surface area (Å²) in [6, 6.07) is 4.11. The quantitative estimate of drug-likeness (QED) is 0.825. The Kier molecular flexibility index (Phi) is 4.38.